The molecule has 5 nitrogen and oxygen atoms in total. The standard InChI is InChI=1S/C20H23N3O2/c1-15(2)9-10-20(24)22-16-6-5-7-18(12-16)25-14-17-13-23-11-4-3-8-19(23)21-17/h3-8,11-13,15H,9-10,14H2,1-2H3,(H,22,24). The summed E-state index contributed by atoms with van der Waals surface area (Å²) in [6, 6.07) is 13.3. The fraction of sp³-hybridized carbons (Fsp3) is 0.300. The molecular formula is C20H23N3O2. The highest BCUT2D eigenvalue weighted by atomic mass is 16.5. The zero-order valence-electron chi connectivity index (χ0n) is 14.6. The van der Waals surface area contributed by atoms with E-state index in [0.717, 1.165) is 23.4 Å². The van der Waals surface area contributed by atoms with Crippen molar-refractivity contribution >= 4 is 17.2 Å². The van der Waals surface area contributed by atoms with Crippen molar-refractivity contribution in [2.45, 2.75) is 33.3 Å². The number of amides is 1. The van der Waals surface area contributed by atoms with Crippen molar-refractivity contribution in [3.8, 4) is 5.75 Å². The number of ether oxygens (including phenoxy) is 1. The van der Waals surface area contributed by atoms with Gasteiger partial charge in [-0.25, -0.2) is 4.98 Å². The first kappa shape index (κ1) is 17.0. The number of anilines is 1. The fourth-order valence-corrected chi connectivity index (χ4v) is 2.52. The maximum atomic E-state index is 11.9. The van der Waals surface area contributed by atoms with Crippen LogP contribution in [-0.4, -0.2) is 15.3 Å². The Morgan fingerprint density at radius 3 is 2.92 bits per heavy atom. The van der Waals surface area contributed by atoms with E-state index in [-0.39, 0.29) is 5.91 Å². The molecule has 0 bridgehead atoms. The van der Waals surface area contributed by atoms with Crippen LogP contribution in [-0.2, 0) is 11.4 Å². The van der Waals surface area contributed by atoms with E-state index in [0.29, 0.717) is 24.7 Å². The molecule has 0 fully saturated rings. The van der Waals surface area contributed by atoms with Crippen molar-refractivity contribution in [1.29, 1.82) is 0 Å². The number of carbonyl (C=O) groups excluding carboxylic acids is 1. The molecule has 5 heteroatoms. The van der Waals surface area contributed by atoms with Crippen LogP contribution >= 0.6 is 0 Å². The van der Waals surface area contributed by atoms with Gasteiger partial charge in [0.05, 0.1) is 5.69 Å². The number of pyridine rings is 1. The van der Waals surface area contributed by atoms with Gasteiger partial charge >= 0.3 is 0 Å². The highest BCUT2D eigenvalue weighted by Crippen LogP contribution is 2.19. The average Bonchev–Trinajstić information content (AvgIpc) is 3.01. The van der Waals surface area contributed by atoms with Gasteiger partial charge in [0.25, 0.3) is 0 Å². The number of hydrogen-bond donors (Lipinski definition) is 1. The highest BCUT2D eigenvalue weighted by Gasteiger charge is 2.06. The van der Waals surface area contributed by atoms with Crippen LogP contribution in [0.25, 0.3) is 5.65 Å². The smallest absolute Gasteiger partial charge is 0.224 e. The first-order valence-corrected chi connectivity index (χ1v) is 8.55. The molecule has 1 aromatic carbocycles. The number of benzene rings is 1. The Morgan fingerprint density at radius 1 is 1.24 bits per heavy atom. The monoisotopic (exact) mass is 337 g/mol. The van der Waals surface area contributed by atoms with Crippen LogP contribution in [0.1, 0.15) is 32.4 Å². The maximum absolute atomic E-state index is 11.9. The van der Waals surface area contributed by atoms with Gasteiger partial charge in [0.15, 0.2) is 0 Å². The predicted octanol–water partition coefficient (Wildman–Crippen LogP) is 4.29. The van der Waals surface area contributed by atoms with E-state index in [9.17, 15) is 4.79 Å². The van der Waals surface area contributed by atoms with E-state index in [1.165, 1.54) is 0 Å². The van der Waals surface area contributed by atoms with E-state index in [4.69, 9.17) is 4.74 Å². The van der Waals surface area contributed by atoms with Gasteiger partial charge in [-0.15, -0.1) is 0 Å². The molecule has 0 saturated carbocycles. The van der Waals surface area contributed by atoms with Gasteiger partial charge < -0.3 is 14.5 Å². The van der Waals surface area contributed by atoms with Crippen molar-refractivity contribution in [2.75, 3.05) is 5.32 Å². The molecule has 0 radical (unpaired) electrons. The first-order chi connectivity index (χ1) is 12.1. The third kappa shape index (κ3) is 4.83. The quantitative estimate of drug-likeness (QED) is 0.700. The molecule has 0 saturated heterocycles. The highest BCUT2D eigenvalue weighted by molar-refractivity contribution is 5.90. The van der Waals surface area contributed by atoms with E-state index in [1.807, 2.05) is 59.3 Å². The van der Waals surface area contributed by atoms with Gasteiger partial charge in [-0.1, -0.05) is 26.0 Å². The Bertz CT molecular complexity index is 822. The van der Waals surface area contributed by atoms with Crippen molar-refractivity contribution in [1.82, 2.24) is 9.38 Å². The minimum absolute atomic E-state index is 0.0335. The minimum atomic E-state index is 0.0335. The van der Waals surface area contributed by atoms with Crippen molar-refractivity contribution in [3.63, 3.8) is 0 Å². The van der Waals surface area contributed by atoms with E-state index >= 15 is 0 Å². The van der Waals surface area contributed by atoms with Gasteiger partial charge in [-0.3, -0.25) is 4.79 Å². The van der Waals surface area contributed by atoms with Crippen LogP contribution in [0.3, 0.4) is 0 Å². The third-order valence-corrected chi connectivity index (χ3v) is 3.87. The van der Waals surface area contributed by atoms with Crippen LogP contribution in [0, 0.1) is 5.92 Å². The second kappa shape index (κ2) is 7.83. The molecule has 0 spiro atoms. The summed E-state index contributed by atoms with van der Waals surface area (Å²) in [5.41, 5.74) is 2.51. The summed E-state index contributed by atoms with van der Waals surface area (Å²) < 4.78 is 7.78. The Kier molecular flexibility index (Phi) is 5.33. The zero-order valence-corrected chi connectivity index (χ0v) is 14.6. The van der Waals surface area contributed by atoms with Crippen LogP contribution < -0.4 is 10.1 Å². The minimum Gasteiger partial charge on any atom is -0.487 e. The molecule has 0 aliphatic carbocycles. The summed E-state index contributed by atoms with van der Waals surface area (Å²) >= 11 is 0. The summed E-state index contributed by atoms with van der Waals surface area (Å²) in [5.74, 6) is 1.26. The molecule has 3 rings (SSSR count). The van der Waals surface area contributed by atoms with Gasteiger partial charge in [0.1, 0.15) is 18.0 Å². The largest absolute Gasteiger partial charge is 0.487 e. The number of rotatable bonds is 7. The summed E-state index contributed by atoms with van der Waals surface area (Å²) in [4.78, 5) is 16.4. The van der Waals surface area contributed by atoms with Gasteiger partial charge in [-0.2, -0.15) is 0 Å². The van der Waals surface area contributed by atoms with Crippen molar-refractivity contribution in [2.24, 2.45) is 5.92 Å². The molecule has 0 aliphatic heterocycles. The summed E-state index contributed by atoms with van der Waals surface area (Å²) in [6.45, 7) is 4.61. The molecule has 2 aromatic heterocycles. The summed E-state index contributed by atoms with van der Waals surface area (Å²) in [5, 5.41) is 2.92. The molecule has 25 heavy (non-hydrogen) atoms. The lowest BCUT2D eigenvalue weighted by molar-refractivity contribution is -0.116. The molecule has 2 heterocycles. The lowest BCUT2D eigenvalue weighted by Crippen LogP contribution is -2.12. The van der Waals surface area contributed by atoms with E-state index in [2.05, 4.69) is 24.1 Å². The van der Waals surface area contributed by atoms with E-state index < -0.39 is 0 Å². The second-order valence-electron chi connectivity index (χ2n) is 6.50. The molecule has 3 aromatic rings. The Balaban J connectivity index is 1.58. The van der Waals surface area contributed by atoms with Crippen LogP contribution in [0.15, 0.2) is 54.9 Å². The van der Waals surface area contributed by atoms with Gasteiger partial charge in [0, 0.05) is 30.6 Å². The van der Waals surface area contributed by atoms with Gasteiger partial charge in [-0.05, 0) is 36.6 Å². The molecule has 130 valence electrons. The Morgan fingerprint density at radius 2 is 2.12 bits per heavy atom. The van der Waals surface area contributed by atoms with E-state index in [1.54, 1.807) is 0 Å². The SMILES string of the molecule is CC(C)CCC(=O)Nc1cccc(OCc2cn3ccccc3n2)c1. The summed E-state index contributed by atoms with van der Waals surface area (Å²) in [6.07, 6.45) is 5.33. The third-order valence-electron chi connectivity index (χ3n) is 3.87. The van der Waals surface area contributed by atoms with Gasteiger partial charge in [0.2, 0.25) is 5.91 Å². The molecule has 1 N–H and O–H groups in total. The number of fused-ring (bicyclic) bond motifs is 1. The Hall–Kier alpha value is -2.82. The lowest BCUT2D eigenvalue weighted by atomic mass is 10.1. The van der Waals surface area contributed by atoms with Crippen LogP contribution in [0.5, 0.6) is 5.75 Å². The van der Waals surface area contributed by atoms with Crippen LogP contribution in [0.2, 0.25) is 0 Å². The predicted molar refractivity (Wildman–Crippen MR) is 98.7 cm³/mol. The molecule has 0 aliphatic rings. The molecule has 1 amide bonds. The number of imidazole rings is 1. The topological polar surface area (TPSA) is 55.6 Å². The average molecular weight is 337 g/mol. The molecule has 0 atom stereocenters. The number of nitrogens with zero attached hydrogens (tertiary/aromatic N) is 2. The fourth-order valence-electron chi connectivity index (χ4n) is 2.52. The van der Waals surface area contributed by atoms with Crippen LogP contribution in [0.4, 0.5) is 5.69 Å². The molecule has 0 unspecified atom stereocenters. The van der Waals surface area contributed by atoms with Crippen molar-refractivity contribution in [3.05, 3.63) is 60.6 Å². The lowest BCUT2D eigenvalue weighted by Gasteiger charge is -2.09. The molecular weight excluding hydrogens is 314 g/mol. The first-order valence-electron chi connectivity index (χ1n) is 8.55. The number of aromatic nitrogens is 2. The number of carbonyl (C=O) groups is 1. The second-order valence-corrected chi connectivity index (χ2v) is 6.50. The number of nitrogens with one attached hydrogen (secondary N) is 1. The Labute approximate surface area is 147 Å². The summed E-state index contributed by atoms with van der Waals surface area (Å²) in [7, 11) is 0. The maximum Gasteiger partial charge on any atom is 0.224 e. The number of hydrogen-bond acceptors (Lipinski definition) is 3. The van der Waals surface area contributed by atoms with Crippen molar-refractivity contribution < 1.29 is 9.53 Å². The zero-order chi connectivity index (χ0) is 17.6. The normalized spacial score (nSPS) is 11.0.